The number of carboxylic acids is 1. The number of ketones is 1. The van der Waals surface area contributed by atoms with Crippen LogP contribution in [0.3, 0.4) is 0 Å². The molecule has 0 radical (unpaired) electrons. The molecule has 0 aliphatic heterocycles. The smallest absolute Gasteiger partial charge is 0.303 e. The molecule has 3 aromatic rings. The molecule has 194 valence electrons. The molecule has 1 N–H and O–H groups in total. The summed E-state index contributed by atoms with van der Waals surface area (Å²) < 4.78 is 0. The van der Waals surface area contributed by atoms with Gasteiger partial charge in [0.2, 0.25) is 0 Å². The molecule has 3 rings (SSSR count). The van der Waals surface area contributed by atoms with Gasteiger partial charge in [0.05, 0.1) is 0 Å². The van der Waals surface area contributed by atoms with Crippen LogP contribution in [-0.2, 0) is 4.79 Å². The fourth-order valence-electron chi connectivity index (χ4n) is 5.35. The van der Waals surface area contributed by atoms with E-state index in [-0.39, 0.29) is 12.3 Å². The van der Waals surface area contributed by atoms with Gasteiger partial charge in [0.15, 0.2) is 5.78 Å². The molecule has 1 unspecified atom stereocenters. The van der Waals surface area contributed by atoms with Gasteiger partial charge < -0.3 is 5.11 Å². The molecule has 0 bridgehead atoms. The van der Waals surface area contributed by atoms with Crippen LogP contribution in [0.15, 0.2) is 54.6 Å². The molecule has 3 aromatic carbocycles. The predicted molar refractivity (Wildman–Crippen MR) is 152 cm³/mol. The lowest BCUT2D eigenvalue weighted by Gasteiger charge is -2.18. The molecule has 1 atom stereocenters. The normalized spacial score (nSPS) is 12.2. The standard InChI is InChI=1S/C33H44O3/c1-2-3-4-5-6-8-11-17-26(18-12-9-7-10-13-23-32(34)35)33(36)30-22-16-21-29-24-27-19-14-15-20-28(27)25-31(29)30/h14-16,19-22,24-26H,2-13,17-18,23H2,1H3,(H,34,35). The van der Waals surface area contributed by atoms with E-state index >= 15 is 0 Å². The van der Waals surface area contributed by atoms with E-state index in [4.69, 9.17) is 5.11 Å². The number of hydrogen-bond donors (Lipinski definition) is 1. The number of hydrogen-bond acceptors (Lipinski definition) is 2. The maximum absolute atomic E-state index is 13.9. The van der Waals surface area contributed by atoms with E-state index < -0.39 is 5.97 Å². The van der Waals surface area contributed by atoms with Crippen LogP contribution in [-0.4, -0.2) is 16.9 Å². The first-order valence-corrected chi connectivity index (χ1v) is 14.3. The lowest BCUT2D eigenvalue weighted by atomic mass is 9.85. The van der Waals surface area contributed by atoms with Gasteiger partial charge in [-0.05, 0) is 52.9 Å². The van der Waals surface area contributed by atoms with Crippen LogP contribution in [0.25, 0.3) is 21.5 Å². The van der Waals surface area contributed by atoms with Gasteiger partial charge in [-0.25, -0.2) is 0 Å². The molecule has 0 heterocycles. The third-order valence-corrected chi connectivity index (χ3v) is 7.48. The summed E-state index contributed by atoms with van der Waals surface area (Å²) in [5.74, 6) is -0.345. The molecule has 0 fully saturated rings. The largest absolute Gasteiger partial charge is 0.481 e. The Balaban J connectivity index is 1.65. The second kappa shape index (κ2) is 15.4. The number of carbonyl (C=O) groups excluding carboxylic acids is 1. The van der Waals surface area contributed by atoms with Crippen LogP contribution < -0.4 is 0 Å². The number of rotatable bonds is 18. The summed E-state index contributed by atoms with van der Waals surface area (Å²) in [6.45, 7) is 2.25. The van der Waals surface area contributed by atoms with Gasteiger partial charge in [0.1, 0.15) is 0 Å². The average molecular weight is 489 g/mol. The van der Waals surface area contributed by atoms with Crippen molar-refractivity contribution in [3.05, 3.63) is 60.2 Å². The molecule has 0 aliphatic rings. The highest BCUT2D eigenvalue weighted by Gasteiger charge is 2.21. The molecule has 0 spiro atoms. The van der Waals surface area contributed by atoms with E-state index in [1.54, 1.807) is 0 Å². The number of unbranched alkanes of at least 4 members (excludes halogenated alkanes) is 10. The Hall–Kier alpha value is -2.68. The molecule has 0 amide bonds. The van der Waals surface area contributed by atoms with Crippen LogP contribution in [0.5, 0.6) is 0 Å². The third-order valence-electron chi connectivity index (χ3n) is 7.48. The van der Waals surface area contributed by atoms with Crippen LogP contribution in [0.2, 0.25) is 0 Å². The van der Waals surface area contributed by atoms with Crippen molar-refractivity contribution < 1.29 is 14.7 Å². The predicted octanol–water partition coefficient (Wildman–Crippen LogP) is 9.75. The Morgan fingerprint density at radius 1 is 0.667 bits per heavy atom. The number of carbonyl (C=O) groups is 2. The van der Waals surface area contributed by atoms with Crippen LogP contribution in [0, 0.1) is 5.92 Å². The van der Waals surface area contributed by atoms with Gasteiger partial charge in [0, 0.05) is 17.9 Å². The summed E-state index contributed by atoms with van der Waals surface area (Å²) >= 11 is 0. The van der Waals surface area contributed by atoms with E-state index in [0.29, 0.717) is 5.78 Å². The second-order valence-electron chi connectivity index (χ2n) is 10.4. The summed E-state index contributed by atoms with van der Waals surface area (Å²) in [6, 6.07) is 18.9. The first-order chi connectivity index (χ1) is 17.6. The molecule has 3 heteroatoms. The van der Waals surface area contributed by atoms with Crippen LogP contribution in [0.4, 0.5) is 0 Å². The highest BCUT2D eigenvalue weighted by atomic mass is 16.4. The summed E-state index contributed by atoms with van der Waals surface area (Å²) in [5, 5.41) is 13.4. The van der Waals surface area contributed by atoms with Crippen molar-refractivity contribution in [2.75, 3.05) is 0 Å². The third kappa shape index (κ3) is 8.76. The SMILES string of the molecule is CCCCCCCCCC(CCCCCCCC(=O)O)C(=O)c1cccc2cc3ccccc3cc12. The summed E-state index contributed by atoms with van der Waals surface area (Å²) in [5.41, 5.74) is 0.868. The van der Waals surface area contributed by atoms with E-state index in [9.17, 15) is 9.59 Å². The van der Waals surface area contributed by atoms with Gasteiger partial charge in [-0.2, -0.15) is 0 Å². The Kier molecular flexibility index (Phi) is 12.0. The van der Waals surface area contributed by atoms with Gasteiger partial charge in [-0.15, -0.1) is 0 Å². The lowest BCUT2D eigenvalue weighted by molar-refractivity contribution is -0.137. The Bertz CT molecular complexity index is 1100. The molecule has 36 heavy (non-hydrogen) atoms. The van der Waals surface area contributed by atoms with Crippen LogP contribution >= 0.6 is 0 Å². The van der Waals surface area contributed by atoms with Crippen molar-refractivity contribution in [2.24, 2.45) is 5.92 Å². The lowest BCUT2D eigenvalue weighted by Crippen LogP contribution is -2.15. The van der Waals surface area contributed by atoms with Crippen molar-refractivity contribution in [3.8, 4) is 0 Å². The fraction of sp³-hybridized carbons (Fsp3) is 0.515. The Labute approximate surface area is 217 Å². The van der Waals surface area contributed by atoms with E-state index in [1.807, 2.05) is 12.1 Å². The molecule has 0 aliphatic carbocycles. The minimum atomic E-state index is -0.710. The zero-order chi connectivity index (χ0) is 25.6. The zero-order valence-corrected chi connectivity index (χ0v) is 22.1. The number of aliphatic carboxylic acids is 1. The summed E-state index contributed by atoms with van der Waals surface area (Å²) in [4.78, 5) is 24.6. The van der Waals surface area contributed by atoms with Gasteiger partial charge in [0.25, 0.3) is 0 Å². The van der Waals surface area contributed by atoms with E-state index in [0.717, 1.165) is 67.7 Å². The molecular formula is C33H44O3. The minimum Gasteiger partial charge on any atom is -0.481 e. The highest BCUT2D eigenvalue weighted by Crippen LogP contribution is 2.30. The zero-order valence-electron chi connectivity index (χ0n) is 22.1. The Morgan fingerprint density at radius 2 is 1.22 bits per heavy atom. The van der Waals surface area contributed by atoms with Crippen molar-refractivity contribution in [2.45, 2.75) is 103 Å². The van der Waals surface area contributed by atoms with E-state index in [1.165, 1.54) is 49.3 Å². The monoisotopic (exact) mass is 488 g/mol. The van der Waals surface area contributed by atoms with Gasteiger partial charge >= 0.3 is 5.97 Å². The molecule has 0 saturated carbocycles. The van der Waals surface area contributed by atoms with Crippen molar-refractivity contribution >= 4 is 33.3 Å². The summed E-state index contributed by atoms with van der Waals surface area (Å²) in [6.07, 6.45) is 15.8. The fourth-order valence-corrected chi connectivity index (χ4v) is 5.35. The van der Waals surface area contributed by atoms with E-state index in [2.05, 4.69) is 49.4 Å². The van der Waals surface area contributed by atoms with Gasteiger partial charge in [-0.1, -0.05) is 120 Å². The Morgan fingerprint density at radius 3 is 1.86 bits per heavy atom. The first-order valence-electron chi connectivity index (χ1n) is 14.3. The molecule has 0 aromatic heterocycles. The number of Topliss-reactive ketones (excluding diaryl/α,β-unsaturated/α-hetero) is 1. The molecule has 0 saturated heterocycles. The topological polar surface area (TPSA) is 54.4 Å². The number of carboxylic acid groups (broad SMARTS) is 1. The molecule has 3 nitrogen and oxygen atoms in total. The number of benzene rings is 3. The van der Waals surface area contributed by atoms with Crippen molar-refractivity contribution in [3.63, 3.8) is 0 Å². The van der Waals surface area contributed by atoms with Crippen LogP contribution in [0.1, 0.15) is 114 Å². The maximum Gasteiger partial charge on any atom is 0.303 e. The average Bonchev–Trinajstić information content (AvgIpc) is 2.88. The van der Waals surface area contributed by atoms with Crippen molar-refractivity contribution in [1.29, 1.82) is 0 Å². The highest BCUT2D eigenvalue weighted by molar-refractivity contribution is 6.12. The minimum absolute atomic E-state index is 0.0664. The summed E-state index contributed by atoms with van der Waals surface area (Å²) in [7, 11) is 0. The van der Waals surface area contributed by atoms with Crippen molar-refractivity contribution in [1.82, 2.24) is 0 Å². The molecular weight excluding hydrogens is 444 g/mol. The quantitative estimate of drug-likeness (QED) is 0.110. The number of fused-ring (bicyclic) bond motifs is 2. The van der Waals surface area contributed by atoms with Gasteiger partial charge in [-0.3, -0.25) is 9.59 Å². The maximum atomic E-state index is 13.9. The second-order valence-corrected chi connectivity index (χ2v) is 10.4. The first kappa shape index (κ1) is 27.9.